The van der Waals surface area contributed by atoms with Gasteiger partial charge in [-0.15, -0.1) is 11.3 Å². The summed E-state index contributed by atoms with van der Waals surface area (Å²) in [6.45, 7) is 9.48. The predicted octanol–water partition coefficient (Wildman–Crippen LogP) is 1.80. The van der Waals surface area contributed by atoms with Crippen LogP contribution in [0.25, 0.3) is 0 Å². The number of nitrogens with zero attached hydrogens (tertiary/aromatic N) is 1. The van der Waals surface area contributed by atoms with Gasteiger partial charge in [0, 0.05) is 36.5 Å². The van der Waals surface area contributed by atoms with Gasteiger partial charge in [-0.05, 0) is 13.0 Å². The van der Waals surface area contributed by atoms with E-state index in [-0.39, 0.29) is 17.8 Å². The van der Waals surface area contributed by atoms with Gasteiger partial charge in [0.1, 0.15) is 5.00 Å². The average molecular weight is 352 g/mol. The van der Waals surface area contributed by atoms with Crippen molar-refractivity contribution >= 4 is 34.2 Å². The first kappa shape index (κ1) is 18.3. The van der Waals surface area contributed by atoms with E-state index in [0.29, 0.717) is 36.7 Å². The van der Waals surface area contributed by atoms with E-state index in [1.807, 2.05) is 27.7 Å². The Labute approximate surface area is 145 Å². The molecule has 7 nitrogen and oxygen atoms in total. The minimum Gasteiger partial charge on any atom is -0.350 e. The first-order valence-corrected chi connectivity index (χ1v) is 8.73. The zero-order valence-corrected chi connectivity index (χ0v) is 15.3. The zero-order valence-electron chi connectivity index (χ0n) is 14.5. The van der Waals surface area contributed by atoms with Gasteiger partial charge in [0.25, 0.3) is 5.91 Å². The van der Waals surface area contributed by atoms with Gasteiger partial charge < -0.3 is 20.9 Å². The summed E-state index contributed by atoms with van der Waals surface area (Å²) in [4.78, 5) is 38.6. The van der Waals surface area contributed by atoms with Crippen LogP contribution >= 0.6 is 11.3 Å². The van der Waals surface area contributed by atoms with Crippen LogP contribution in [0.4, 0.5) is 9.80 Å². The molecule has 1 saturated heterocycles. The Morgan fingerprint density at radius 1 is 1.38 bits per heavy atom. The molecule has 0 bridgehead atoms. The van der Waals surface area contributed by atoms with Crippen molar-refractivity contribution in [1.82, 2.24) is 15.5 Å². The molecule has 2 rings (SSSR count). The number of anilines is 1. The van der Waals surface area contributed by atoms with Crippen molar-refractivity contribution in [2.75, 3.05) is 31.5 Å². The van der Waals surface area contributed by atoms with E-state index in [1.54, 1.807) is 11.0 Å². The summed E-state index contributed by atoms with van der Waals surface area (Å²) in [5.74, 6) is -0.379. The third-order valence-electron chi connectivity index (χ3n) is 3.62. The number of carbonyl (C=O) groups excluding carboxylic acids is 3. The molecule has 1 aromatic heterocycles. The van der Waals surface area contributed by atoms with Gasteiger partial charge >= 0.3 is 6.03 Å². The molecule has 0 aromatic carbocycles. The van der Waals surface area contributed by atoms with Gasteiger partial charge in [-0.2, -0.15) is 0 Å². The fourth-order valence-electron chi connectivity index (χ4n) is 2.19. The molecule has 0 spiro atoms. The summed E-state index contributed by atoms with van der Waals surface area (Å²) in [6.07, 6.45) is 0. The molecule has 1 aromatic rings. The van der Waals surface area contributed by atoms with Crippen molar-refractivity contribution < 1.29 is 14.4 Å². The Morgan fingerprint density at radius 3 is 2.67 bits per heavy atom. The van der Waals surface area contributed by atoms with E-state index < -0.39 is 5.41 Å². The van der Waals surface area contributed by atoms with Gasteiger partial charge in [0.2, 0.25) is 5.91 Å². The number of thiophene rings is 1. The van der Waals surface area contributed by atoms with E-state index in [2.05, 4.69) is 16.0 Å². The van der Waals surface area contributed by atoms with Crippen molar-refractivity contribution in [3.63, 3.8) is 0 Å². The minimum atomic E-state index is -0.533. The van der Waals surface area contributed by atoms with Crippen LogP contribution in [0.3, 0.4) is 0 Å². The van der Waals surface area contributed by atoms with Crippen LogP contribution in [0.5, 0.6) is 0 Å². The van der Waals surface area contributed by atoms with E-state index in [4.69, 9.17) is 0 Å². The molecule has 0 radical (unpaired) electrons. The lowest BCUT2D eigenvalue weighted by atomic mass is 9.96. The maximum absolute atomic E-state index is 12.4. The molecule has 4 amide bonds. The Morgan fingerprint density at radius 2 is 2.08 bits per heavy atom. The Hall–Kier alpha value is -2.09. The topological polar surface area (TPSA) is 90.5 Å². The molecule has 1 fully saturated rings. The van der Waals surface area contributed by atoms with Crippen molar-refractivity contribution in [3.05, 3.63) is 16.5 Å². The summed E-state index contributed by atoms with van der Waals surface area (Å²) in [7, 11) is 0. The highest BCUT2D eigenvalue weighted by molar-refractivity contribution is 7.16. The second-order valence-electron chi connectivity index (χ2n) is 6.78. The van der Waals surface area contributed by atoms with Crippen molar-refractivity contribution in [2.45, 2.75) is 27.7 Å². The van der Waals surface area contributed by atoms with Gasteiger partial charge in [-0.25, -0.2) is 4.79 Å². The summed E-state index contributed by atoms with van der Waals surface area (Å²) in [6, 6.07) is 1.66. The molecule has 24 heavy (non-hydrogen) atoms. The van der Waals surface area contributed by atoms with Crippen LogP contribution in [0.2, 0.25) is 0 Å². The number of carbonyl (C=O) groups is 3. The largest absolute Gasteiger partial charge is 0.350 e. The monoisotopic (exact) mass is 352 g/mol. The molecule has 0 saturated carbocycles. The average Bonchev–Trinajstić information content (AvgIpc) is 3.04. The number of aryl methyl sites for hydroxylation is 1. The van der Waals surface area contributed by atoms with Crippen LogP contribution in [0, 0.1) is 12.3 Å². The number of urea groups is 1. The van der Waals surface area contributed by atoms with Crippen molar-refractivity contribution in [3.8, 4) is 0 Å². The normalized spacial score (nSPS) is 14.5. The third kappa shape index (κ3) is 4.47. The number of nitrogens with one attached hydrogen (secondary N) is 3. The Balaban J connectivity index is 1.96. The highest BCUT2D eigenvalue weighted by Crippen LogP contribution is 2.29. The fourth-order valence-corrected chi connectivity index (χ4v) is 3.09. The number of amides is 4. The zero-order chi connectivity index (χ0) is 17.9. The smallest absolute Gasteiger partial charge is 0.317 e. The van der Waals surface area contributed by atoms with Crippen LogP contribution in [0.1, 0.15) is 36.0 Å². The van der Waals surface area contributed by atoms with Crippen LogP contribution < -0.4 is 16.0 Å². The second kappa shape index (κ2) is 7.21. The van der Waals surface area contributed by atoms with E-state index in [0.717, 1.165) is 4.88 Å². The molecular formula is C16H24N4O3S. The van der Waals surface area contributed by atoms with Gasteiger partial charge in [-0.1, -0.05) is 20.8 Å². The molecule has 3 N–H and O–H groups in total. The minimum absolute atomic E-state index is 0.103. The van der Waals surface area contributed by atoms with E-state index in [1.165, 1.54) is 11.3 Å². The lowest BCUT2D eigenvalue weighted by Crippen LogP contribution is -2.37. The standard InChI is InChI=1S/C16H24N4O3S/c1-10-9-11(13(24-10)19-14(22)16(2,3)4)12(21)17-5-7-20-8-6-18-15(20)23/h9H,5-8H2,1-4H3,(H,17,21)(H,18,23)(H,19,22). The lowest BCUT2D eigenvalue weighted by molar-refractivity contribution is -0.123. The molecule has 0 aliphatic carbocycles. The van der Waals surface area contributed by atoms with Crippen LogP contribution in [0.15, 0.2) is 6.07 Å². The van der Waals surface area contributed by atoms with Crippen LogP contribution in [-0.2, 0) is 4.79 Å². The van der Waals surface area contributed by atoms with Gasteiger partial charge in [0.15, 0.2) is 0 Å². The number of hydrogen-bond acceptors (Lipinski definition) is 4. The maximum atomic E-state index is 12.4. The number of hydrogen-bond donors (Lipinski definition) is 3. The Kier molecular flexibility index (Phi) is 5.48. The maximum Gasteiger partial charge on any atom is 0.317 e. The first-order valence-electron chi connectivity index (χ1n) is 7.91. The lowest BCUT2D eigenvalue weighted by Gasteiger charge is -2.18. The fraction of sp³-hybridized carbons (Fsp3) is 0.562. The van der Waals surface area contributed by atoms with E-state index >= 15 is 0 Å². The van der Waals surface area contributed by atoms with Crippen molar-refractivity contribution in [2.24, 2.45) is 5.41 Å². The SMILES string of the molecule is Cc1cc(C(=O)NCCN2CCNC2=O)c(NC(=O)C(C)(C)C)s1. The van der Waals surface area contributed by atoms with Crippen LogP contribution in [-0.4, -0.2) is 48.9 Å². The second-order valence-corrected chi connectivity index (χ2v) is 8.04. The Bertz CT molecular complexity index is 648. The third-order valence-corrected chi connectivity index (χ3v) is 4.59. The first-order chi connectivity index (χ1) is 11.2. The molecule has 8 heteroatoms. The molecular weight excluding hydrogens is 328 g/mol. The molecule has 1 aliphatic heterocycles. The quantitative estimate of drug-likeness (QED) is 0.755. The molecule has 132 valence electrons. The van der Waals surface area contributed by atoms with E-state index in [9.17, 15) is 14.4 Å². The summed E-state index contributed by atoms with van der Waals surface area (Å²) < 4.78 is 0. The highest BCUT2D eigenvalue weighted by Gasteiger charge is 2.25. The summed E-state index contributed by atoms with van der Waals surface area (Å²) >= 11 is 1.38. The van der Waals surface area contributed by atoms with Gasteiger partial charge in [-0.3, -0.25) is 9.59 Å². The summed E-state index contributed by atoms with van der Waals surface area (Å²) in [5, 5.41) is 8.92. The molecule has 0 unspecified atom stereocenters. The van der Waals surface area contributed by atoms with Crippen molar-refractivity contribution in [1.29, 1.82) is 0 Å². The summed E-state index contributed by atoms with van der Waals surface area (Å²) in [5.41, 5.74) is -0.0737. The highest BCUT2D eigenvalue weighted by atomic mass is 32.1. The van der Waals surface area contributed by atoms with Gasteiger partial charge in [0.05, 0.1) is 5.56 Å². The molecule has 2 heterocycles. The predicted molar refractivity (Wildman–Crippen MR) is 94.4 cm³/mol. The molecule has 0 atom stereocenters. The number of rotatable bonds is 5. The molecule has 1 aliphatic rings.